The minimum Gasteiger partial charge on any atom is -0.489 e. The normalized spacial score (nSPS) is 10.3. The molecule has 0 heterocycles. The van der Waals surface area contributed by atoms with E-state index in [1.54, 1.807) is 30.3 Å². The number of ether oxygens (including phenoxy) is 1. The number of anilines is 3. The summed E-state index contributed by atoms with van der Waals surface area (Å²) in [6.45, 7) is 2.41. The minimum absolute atomic E-state index is 0.0151. The largest absolute Gasteiger partial charge is 0.489 e. The number of hydrogen-bond acceptors (Lipinski definition) is 4. The molecule has 3 rings (SSSR count). The Bertz CT molecular complexity index is 1060. The van der Waals surface area contributed by atoms with Crippen LogP contribution >= 0.6 is 11.6 Å². The maximum Gasteiger partial charge on any atom is 0.243 e. The molecule has 0 radical (unpaired) electrons. The van der Waals surface area contributed by atoms with E-state index in [0.29, 0.717) is 40.9 Å². The number of carbonyl (C=O) groups excluding carboxylic acids is 2. The third-order valence-electron chi connectivity index (χ3n) is 4.53. The Morgan fingerprint density at radius 2 is 1.62 bits per heavy atom. The number of amides is 2. The molecule has 0 saturated heterocycles. The fourth-order valence-electron chi connectivity index (χ4n) is 2.97. The molecule has 0 atom stereocenters. The van der Waals surface area contributed by atoms with Crippen molar-refractivity contribution < 1.29 is 14.3 Å². The highest BCUT2D eigenvalue weighted by molar-refractivity contribution is 6.33. The van der Waals surface area contributed by atoms with Gasteiger partial charge in [-0.1, -0.05) is 54.9 Å². The lowest BCUT2D eigenvalue weighted by molar-refractivity contribution is -0.116. The van der Waals surface area contributed by atoms with Crippen LogP contribution in [0.4, 0.5) is 17.1 Å². The van der Waals surface area contributed by atoms with E-state index >= 15 is 0 Å². The van der Waals surface area contributed by atoms with Gasteiger partial charge in [0, 0.05) is 23.9 Å². The molecule has 0 bridgehead atoms. The molecule has 6 nitrogen and oxygen atoms in total. The van der Waals surface area contributed by atoms with Crippen LogP contribution in [0.3, 0.4) is 0 Å². The molecule has 2 amide bonds. The van der Waals surface area contributed by atoms with Gasteiger partial charge in [0.2, 0.25) is 11.8 Å². The van der Waals surface area contributed by atoms with Gasteiger partial charge in [-0.2, -0.15) is 0 Å². The molecular formula is C25H26ClN3O3. The number of hydrogen-bond donors (Lipinski definition) is 3. The Morgan fingerprint density at radius 1 is 0.875 bits per heavy atom. The SMILES string of the molecule is CCCC(=O)Nc1ccc(Cl)c(NCC(=O)Nc2cccc(OCc3ccccc3)c2)c1. The highest BCUT2D eigenvalue weighted by Crippen LogP contribution is 2.26. The van der Waals surface area contributed by atoms with Crippen LogP contribution in [0.25, 0.3) is 0 Å². The number of rotatable bonds is 10. The number of nitrogens with one attached hydrogen (secondary N) is 3. The van der Waals surface area contributed by atoms with Crippen molar-refractivity contribution >= 4 is 40.5 Å². The second kappa shape index (κ2) is 11.8. The van der Waals surface area contributed by atoms with Crippen molar-refractivity contribution in [3.05, 3.63) is 83.4 Å². The van der Waals surface area contributed by atoms with Gasteiger partial charge < -0.3 is 20.7 Å². The van der Waals surface area contributed by atoms with Crippen molar-refractivity contribution in [2.75, 3.05) is 22.5 Å². The number of benzene rings is 3. The fourth-order valence-corrected chi connectivity index (χ4v) is 3.16. The van der Waals surface area contributed by atoms with E-state index in [1.807, 2.05) is 49.4 Å². The van der Waals surface area contributed by atoms with E-state index in [4.69, 9.17) is 16.3 Å². The summed E-state index contributed by atoms with van der Waals surface area (Å²) in [5.41, 5.74) is 2.89. The summed E-state index contributed by atoms with van der Waals surface area (Å²) in [6.07, 6.45) is 1.21. The summed E-state index contributed by atoms with van der Waals surface area (Å²) >= 11 is 6.22. The maximum absolute atomic E-state index is 12.4. The van der Waals surface area contributed by atoms with Crippen molar-refractivity contribution in [2.45, 2.75) is 26.4 Å². The van der Waals surface area contributed by atoms with Crippen LogP contribution in [-0.4, -0.2) is 18.4 Å². The molecule has 0 aromatic heterocycles. The van der Waals surface area contributed by atoms with Crippen molar-refractivity contribution in [2.24, 2.45) is 0 Å². The Morgan fingerprint density at radius 3 is 2.41 bits per heavy atom. The molecule has 3 N–H and O–H groups in total. The Balaban J connectivity index is 1.53. The number of halogens is 1. The number of carbonyl (C=O) groups is 2. The molecule has 0 aliphatic carbocycles. The molecule has 3 aromatic carbocycles. The second-order valence-corrected chi connectivity index (χ2v) is 7.60. The molecule has 0 saturated carbocycles. The third-order valence-corrected chi connectivity index (χ3v) is 4.86. The van der Waals surface area contributed by atoms with Crippen LogP contribution in [0.1, 0.15) is 25.3 Å². The first kappa shape index (κ1) is 23.2. The first-order valence-electron chi connectivity index (χ1n) is 10.4. The monoisotopic (exact) mass is 451 g/mol. The van der Waals surface area contributed by atoms with Gasteiger partial charge in [-0.05, 0) is 42.3 Å². The standard InChI is InChI=1S/C25H26ClN3O3/c1-2-7-24(30)28-20-12-13-22(26)23(15-20)27-16-25(31)29-19-10-6-11-21(14-19)32-17-18-8-4-3-5-9-18/h3-6,8-15,27H,2,7,16-17H2,1H3,(H,28,30)(H,29,31). The summed E-state index contributed by atoms with van der Waals surface area (Å²) in [5, 5.41) is 9.13. The zero-order valence-electron chi connectivity index (χ0n) is 17.9. The van der Waals surface area contributed by atoms with Gasteiger partial charge in [-0.25, -0.2) is 0 Å². The summed E-state index contributed by atoms with van der Waals surface area (Å²) in [5.74, 6) is 0.368. The Labute approximate surface area is 192 Å². The molecule has 0 aliphatic heterocycles. The van der Waals surface area contributed by atoms with E-state index in [-0.39, 0.29) is 18.4 Å². The summed E-state index contributed by atoms with van der Waals surface area (Å²) < 4.78 is 5.80. The summed E-state index contributed by atoms with van der Waals surface area (Å²) in [4.78, 5) is 24.2. The predicted molar refractivity (Wildman–Crippen MR) is 129 cm³/mol. The third kappa shape index (κ3) is 7.32. The van der Waals surface area contributed by atoms with Crippen LogP contribution < -0.4 is 20.7 Å². The van der Waals surface area contributed by atoms with E-state index in [2.05, 4.69) is 16.0 Å². The van der Waals surface area contributed by atoms with Gasteiger partial charge in [-0.15, -0.1) is 0 Å². The van der Waals surface area contributed by atoms with Gasteiger partial charge in [0.25, 0.3) is 0 Å². The highest BCUT2D eigenvalue weighted by atomic mass is 35.5. The first-order chi connectivity index (χ1) is 15.5. The molecule has 3 aromatic rings. The van der Waals surface area contributed by atoms with Gasteiger partial charge in [0.15, 0.2) is 0 Å². The first-order valence-corrected chi connectivity index (χ1v) is 10.8. The maximum atomic E-state index is 12.4. The quantitative estimate of drug-likeness (QED) is 0.369. The van der Waals surface area contributed by atoms with Crippen LogP contribution in [0.15, 0.2) is 72.8 Å². The average Bonchev–Trinajstić information content (AvgIpc) is 2.79. The molecule has 0 spiro atoms. The Kier molecular flexibility index (Phi) is 8.52. The van der Waals surface area contributed by atoms with Crippen molar-refractivity contribution in [3.63, 3.8) is 0 Å². The van der Waals surface area contributed by atoms with Gasteiger partial charge >= 0.3 is 0 Å². The molecule has 0 unspecified atom stereocenters. The van der Waals surface area contributed by atoms with Crippen LogP contribution in [0.2, 0.25) is 5.02 Å². The van der Waals surface area contributed by atoms with E-state index in [0.717, 1.165) is 12.0 Å². The molecule has 0 aliphatic rings. The summed E-state index contributed by atoms with van der Waals surface area (Å²) in [7, 11) is 0. The van der Waals surface area contributed by atoms with Gasteiger partial charge in [-0.3, -0.25) is 9.59 Å². The topological polar surface area (TPSA) is 79.5 Å². The van der Waals surface area contributed by atoms with E-state index in [1.165, 1.54) is 0 Å². The van der Waals surface area contributed by atoms with E-state index < -0.39 is 0 Å². The van der Waals surface area contributed by atoms with Crippen LogP contribution in [-0.2, 0) is 16.2 Å². The van der Waals surface area contributed by atoms with Crippen LogP contribution in [0, 0.1) is 0 Å². The highest BCUT2D eigenvalue weighted by Gasteiger charge is 2.08. The van der Waals surface area contributed by atoms with Gasteiger partial charge in [0.05, 0.1) is 17.3 Å². The van der Waals surface area contributed by atoms with Gasteiger partial charge in [0.1, 0.15) is 12.4 Å². The Hall–Kier alpha value is -3.51. The van der Waals surface area contributed by atoms with Crippen LogP contribution in [0.5, 0.6) is 5.75 Å². The lowest BCUT2D eigenvalue weighted by Crippen LogP contribution is -2.22. The summed E-state index contributed by atoms with van der Waals surface area (Å²) in [6, 6.07) is 22.2. The molecule has 166 valence electrons. The second-order valence-electron chi connectivity index (χ2n) is 7.20. The molecule has 0 fully saturated rings. The van der Waals surface area contributed by atoms with Crippen molar-refractivity contribution in [1.29, 1.82) is 0 Å². The molecular weight excluding hydrogens is 426 g/mol. The average molecular weight is 452 g/mol. The zero-order valence-corrected chi connectivity index (χ0v) is 18.6. The smallest absolute Gasteiger partial charge is 0.243 e. The lowest BCUT2D eigenvalue weighted by atomic mass is 10.2. The fraction of sp³-hybridized carbons (Fsp3) is 0.200. The lowest BCUT2D eigenvalue weighted by Gasteiger charge is -2.12. The zero-order chi connectivity index (χ0) is 22.8. The predicted octanol–water partition coefficient (Wildman–Crippen LogP) is 5.71. The molecule has 7 heteroatoms. The van der Waals surface area contributed by atoms with Crippen molar-refractivity contribution in [1.82, 2.24) is 0 Å². The molecule has 32 heavy (non-hydrogen) atoms. The minimum atomic E-state index is -0.235. The van der Waals surface area contributed by atoms with E-state index in [9.17, 15) is 9.59 Å². The van der Waals surface area contributed by atoms with Crippen molar-refractivity contribution in [3.8, 4) is 5.75 Å².